The summed E-state index contributed by atoms with van der Waals surface area (Å²) >= 11 is 4.86. The van der Waals surface area contributed by atoms with Gasteiger partial charge in [-0.25, -0.2) is 0 Å². The first-order valence-electron chi connectivity index (χ1n) is 3.89. The maximum atomic E-state index is 11.2. The summed E-state index contributed by atoms with van der Waals surface area (Å²) < 4.78 is 0. The van der Waals surface area contributed by atoms with Gasteiger partial charge < -0.3 is 10.6 Å². The zero-order valence-corrected chi connectivity index (χ0v) is 6.91. The second-order valence-corrected chi connectivity index (χ2v) is 3.51. The van der Waals surface area contributed by atoms with Crippen LogP contribution in [-0.4, -0.2) is 17.1 Å². The van der Waals surface area contributed by atoms with E-state index in [1.165, 1.54) is 0 Å². The molecule has 1 heterocycles. The average molecular weight is 170 g/mol. The molecule has 1 saturated heterocycles. The van der Waals surface area contributed by atoms with Gasteiger partial charge in [-0.3, -0.25) is 4.79 Å². The molecule has 2 rings (SSSR count). The third kappa shape index (κ3) is 1.11. The van der Waals surface area contributed by atoms with Crippen LogP contribution < -0.4 is 10.6 Å². The van der Waals surface area contributed by atoms with Gasteiger partial charge in [-0.05, 0) is 25.1 Å². The number of carbonyl (C=O) groups is 1. The van der Waals surface area contributed by atoms with Gasteiger partial charge in [0.25, 0.3) is 0 Å². The van der Waals surface area contributed by atoms with E-state index in [-0.39, 0.29) is 11.8 Å². The van der Waals surface area contributed by atoms with E-state index in [0.29, 0.717) is 11.2 Å². The van der Waals surface area contributed by atoms with Gasteiger partial charge in [0.05, 0.1) is 5.92 Å². The molecule has 60 valence electrons. The molecule has 2 N–H and O–H groups in total. The highest BCUT2D eigenvalue weighted by Gasteiger charge is 2.36. The minimum atomic E-state index is 0.108. The molecular formula is C7H10N2OS. The Morgan fingerprint density at radius 3 is 3.09 bits per heavy atom. The third-order valence-corrected chi connectivity index (χ3v) is 2.63. The van der Waals surface area contributed by atoms with E-state index in [1.807, 2.05) is 0 Å². The summed E-state index contributed by atoms with van der Waals surface area (Å²) in [6, 6.07) is 0.316. The summed E-state index contributed by atoms with van der Waals surface area (Å²) in [7, 11) is 0. The number of hydrogen-bond donors (Lipinski definition) is 2. The van der Waals surface area contributed by atoms with E-state index < -0.39 is 0 Å². The summed E-state index contributed by atoms with van der Waals surface area (Å²) in [5, 5.41) is 6.24. The van der Waals surface area contributed by atoms with Crippen LogP contribution in [0.3, 0.4) is 0 Å². The quantitative estimate of drug-likeness (QED) is 0.509. The second-order valence-electron chi connectivity index (χ2n) is 3.11. The van der Waals surface area contributed by atoms with Crippen molar-refractivity contribution in [3.05, 3.63) is 0 Å². The van der Waals surface area contributed by atoms with Crippen LogP contribution in [0.2, 0.25) is 0 Å². The van der Waals surface area contributed by atoms with Crippen molar-refractivity contribution in [1.82, 2.24) is 10.6 Å². The zero-order valence-electron chi connectivity index (χ0n) is 6.09. The minimum Gasteiger partial charge on any atom is -0.359 e. The zero-order chi connectivity index (χ0) is 7.84. The first-order valence-corrected chi connectivity index (χ1v) is 4.29. The Labute approximate surface area is 70.5 Å². The van der Waals surface area contributed by atoms with Crippen molar-refractivity contribution in [2.75, 3.05) is 0 Å². The third-order valence-electron chi connectivity index (χ3n) is 2.41. The number of thiocarbonyl (C=S) groups is 1. The number of fused-ring (bicyclic) bond motifs is 1. The van der Waals surface area contributed by atoms with Gasteiger partial charge >= 0.3 is 0 Å². The molecule has 0 radical (unpaired) electrons. The number of amides is 1. The van der Waals surface area contributed by atoms with E-state index in [1.54, 1.807) is 0 Å². The molecule has 0 aromatic heterocycles. The van der Waals surface area contributed by atoms with Gasteiger partial charge in [-0.2, -0.15) is 0 Å². The normalized spacial score (nSPS) is 36.0. The van der Waals surface area contributed by atoms with Gasteiger partial charge in [0.2, 0.25) is 5.91 Å². The van der Waals surface area contributed by atoms with Crippen molar-refractivity contribution in [3.8, 4) is 0 Å². The molecule has 1 aliphatic carbocycles. The van der Waals surface area contributed by atoms with Crippen LogP contribution >= 0.6 is 12.2 Å². The molecule has 1 saturated carbocycles. The maximum Gasteiger partial charge on any atom is 0.231 e. The number of rotatable bonds is 0. The van der Waals surface area contributed by atoms with E-state index in [4.69, 9.17) is 12.2 Å². The standard InChI is InChI=1S/C7H10N2OS/c10-6-4-2-1-3-5(4)8-7(11)9-6/h4-5H,1-3H2,(H2,8,9,10,11)/t4-,5+/m1/s1. The van der Waals surface area contributed by atoms with Crippen molar-refractivity contribution in [3.63, 3.8) is 0 Å². The maximum absolute atomic E-state index is 11.2. The van der Waals surface area contributed by atoms with Gasteiger partial charge in [-0.1, -0.05) is 6.42 Å². The van der Waals surface area contributed by atoms with E-state index >= 15 is 0 Å². The molecule has 1 amide bonds. The number of hydrogen-bond acceptors (Lipinski definition) is 2. The fourth-order valence-electron chi connectivity index (χ4n) is 1.86. The molecule has 0 aromatic rings. The summed E-state index contributed by atoms with van der Waals surface area (Å²) in [5.41, 5.74) is 0. The van der Waals surface area contributed by atoms with Gasteiger partial charge in [0.1, 0.15) is 0 Å². The van der Waals surface area contributed by atoms with Crippen LogP contribution in [0.5, 0.6) is 0 Å². The fourth-order valence-corrected chi connectivity index (χ4v) is 2.11. The Bertz CT molecular complexity index is 216. The highest BCUT2D eigenvalue weighted by atomic mass is 32.1. The fraction of sp³-hybridized carbons (Fsp3) is 0.714. The van der Waals surface area contributed by atoms with Crippen LogP contribution in [0, 0.1) is 5.92 Å². The topological polar surface area (TPSA) is 41.1 Å². The summed E-state index contributed by atoms with van der Waals surface area (Å²) in [5.74, 6) is 0.276. The molecule has 0 aromatic carbocycles. The smallest absolute Gasteiger partial charge is 0.231 e. The van der Waals surface area contributed by atoms with Gasteiger partial charge in [0.15, 0.2) is 5.11 Å². The van der Waals surface area contributed by atoms with Crippen molar-refractivity contribution >= 4 is 23.2 Å². The Balaban J connectivity index is 2.16. The van der Waals surface area contributed by atoms with Crippen molar-refractivity contribution in [2.24, 2.45) is 5.92 Å². The first kappa shape index (κ1) is 7.03. The highest BCUT2D eigenvalue weighted by Crippen LogP contribution is 2.27. The lowest BCUT2D eigenvalue weighted by Crippen LogP contribution is -2.55. The van der Waals surface area contributed by atoms with Crippen LogP contribution in [0.15, 0.2) is 0 Å². The molecule has 11 heavy (non-hydrogen) atoms. The summed E-state index contributed by atoms with van der Waals surface area (Å²) in [6.45, 7) is 0. The molecule has 2 fully saturated rings. The average Bonchev–Trinajstić information content (AvgIpc) is 2.34. The van der Waals surface area contributed by atoms with E-state index in [0.717, 1.165) is 19.3 Å². The Morgan fingerprint density at radius 1 is 1.45 bits per heavy atom. The monoisotopic (exact) mass is 170 g/mol. The predicted molar refractivity (Wildman–Crippen MR) is 45.0 cm³/mol. The molecule has 0 spiro atoms. The number of carbonyl (C=O) groups excluding carboxylic acids is 1. The van der Waals surface area contributed by atoms with Crippen molar-refractivity contribution < 1.29 is 4.79 Å². The molecule has 0 bridgehead atoms. The van der Waals surface area contributed by atoms with E-state index in [9.17, 15) is 4.79 Å². The number of nitrogens with one attached hydrogen (secondary N) is 2. The second kappa shape index (κ2) is 2.44. The summed E-state index contributed by atoms with van der Waals surface area (Å²) in [6.07, 6.45) is 3.22. The molecule has 1 aliphatic heterocycles. The van der Waals surface area contributed by atoms with Crippen LogP contribution in [0.4, 0.5) is 0 Å². The highest BCUT2D eigenvalue weighted by molar-refractivity contribution is 7.80. The molecule has 2 aliphatic rings. The SMILES string of the molecule is O=C1NC(=S)N[C@H]2CCC[C@@H]12. The Morgan fingerprint density at radius 2 is 2.27 bits per heavy atom. The van der Waals surface area contributed by atoms with Gasteiger partial charge in [-0.15, -0.1) is 0 Å². The van der Waals surface area contributed by atoms with Crippen LogP contribution in [0.1, 0.15) is 19.3 Å². The molecule has 2 atom stereocenters. The van der Waals surface area contributed by atoms with E-state index in [2.05, 4.69) is 10.6 Å². The molecule has 3 nitrogen and oxygen atoms in total. The molecular weight excluding hydrogens is 160 g/mol. The van der Waals surface area contributed by atoms with Gasteiger partial charge in [0, 0.05) is 6.04 Å². The van der Waals surface area contributed by atoms with Crippen LogP contribution in [0.25, 0.3) is 0 Å². The Hall–Kier alpha value is -0.640. The van der Waals surface area contributed by atoms with Crippen molar-refractivity contribution in [2.45, 2.75) is 25.3 Å². The van der Waals surface area contributed by atoms with Crippen LogP contribution in [-0.2, 0) is 4.79 Å². The lowest BCUT2D eigenvalue weighted by molar-refractivity contribution is -0.124. The largest absolute Gasteiger partial charge is 0.359 e. The minimum absolute atomic E-state index is 0.108. The lowest BCUT2D eigenvalue weighted by Gasteiger charge is -2.27. The molecule has 4 heteroatoms. The predicted octanol–water partition coefficient (Wildman–Crippen LogP) is 0.159. The first-order chi connectivity index (χ1) is 5.27. The molecule has 0 unspecified atom stereocenters. The van der Waals surface area contributed by atoms with Crippen molar-refractivity contribution in [1.29, 1.82) is 0 Å². The lowest BCUT2D eigenvalue weighted by atomic mass is 10.0. The summed E-state index contributed by atoms with van der Waals surface area (Å²) in [4.78, 5) is 11.2. The Kier molecular flexibility index (Phi) is 1.56.